The summed E-state index contributed by atoms with van der Waals surface area (Å²) in [6.07, 6.45) is 4.50. The molecule has 0 fully saturated rings. The van der Waals surface area contributed by atoms with Crippen LogP contribution in [0, 0.1) is 5.92 Å². The summed E-state index contributed by atoms with van der Waals surface area (Å²) in [5, 5.41) is 17.9. The maximum atomic E-state index is 12.1. The van der Waals surface area contributed by atoms with Crippen LogP contribution in [0.25, 0.3) is 5.82 Å². The second-order valence-corrected chi connectivity index (χ2v) is 6.02. The van der Waals surface area contributed by atoms with Crippen LogP contribution < -0.4 is 10.6 Å². The van der Waals surface area contributed by atoms with Gasteiger partial charge in [-0.05, 0) is 24.5 Å². The van der Waals surface area contributed by atoms with Crippen LogP contribution in [0.3, 0.4) is 0 Å². The molecule has 2 aromatic heterocycles. The van der Waals surface area contributed by atoms with Crippen LogP contribution in [0.4, 0.5) is 0 Å². The maximum Gasteiger partial charge on any atom is 0.326 e. The van der Waals surface area contributed by atoms with E-state index < -0.39 is 23.8 Å². The van der Waals surface area contributed by atoms with E-state index in [0.717, 1.165) is 0 Å². The lowest BCUT2D eigenvalue weighted by Crippen LogP contribution is -2.46. The van der Waals surface area contributed by atoms with Crippen molar-refractivity contribution in [1.29, 1.82) is 0 Å². The van der Waals surface area contributed by atoms with Gasteiger partial charge in [-0.15, -0.1) is 0 Å². The van der Waals surface area contributed by atoms with Crippen LogP contribution >= 0.6 is 0 Å². The highest BCUT2D eigenvalue weighted by atomic mass is 16.4. The minimum absolute atomic E-state index is 0.112. The summed E-state index contributed by atoms with van der Waals surface area (Å²) in [4.78, 5) is 43.0. The molecule has 0 aliphatic carbocycles. The first-order valence-corrected chi connectivity index (χ1v) is 7.98. The zero-order chi connectivity index (χ0) is 19.1. The molecule has 0 saturated carbocycles. The third kappa shape index (κ3) is 5.36. The van der Waals surface area contributed by atoms with Crippen molar-refractivity contribution in [2.24, 2.45) is 5.92 Å². The fourth-order valence-corrected chi connectivity index (χ4v) is 2.18. The molecule has 138 valence electrons. The minimum atomic E-state index is -1.11. The highest BCUT2D eigenvalue weighted by Crippen LogP contribution is 2.05. The quantitative estimate of drug-likeness (QED) is 0.602. The van der Waals surface area contributed by atoms with Crippen molar-refractivity contribution in [3.05, 3.63) is 36.5 Å². The number of hydrogen-bond acceptors (Lipinski definition) is 6. The predicted octanol–water partition coefficient (Wildman–Crippen LogP) is 0.00760. The van der Waals surface area contributed by atoms with Crippen molar-refractivity contribution in [2.45, 2.75) is 26.3 Å². The first-order valence-electron chi connectivity index (χ1n) is 7.98. The van der Waals surface area contributed by atoms with Crippen molar-refractivity contribution < 1.29 is 19.5 Å². The van der Waals surface area contributed by atoms with Crippen molar-refractivity contribution in [1.82, 2.24) is 30.4 Å². The number of aromatic nitrogens is 4. The van der Waals surface area contributed by atoms with E-state index in [1.165, 1.54) is 29.6 Å². The molecule has 1 atom stereocenters. The Morgan fingerprint density at radius 2 is 2.04 bits per heavy atom. The molecular weight excluding hydrogens is 340 g/mol. The van der Waals surface area contributed by atoms with Gasteiger partial charge in [0, 0.05) is 6.20 Å². The summed E-state index contributed by atoms with van der Waals surface area (Å²) in [5.41, 5.74) is 0.263. The van der Waals surface area contributed by atoms with Gasteiger partial charge in [-0.2, -0.15) is 5.10 Å². The summed E-state index contributed by atoms with van der Waals surface area (Å²) in [6, 6.07) is 2.14. The Balaban J connectivity index is 1.87. The van der Waals surface area contributed by atoms with E-state index in [0.29, 0.717) is 12.2 Å². The smallest absolute Gasteiger partial charge is 0.326 e. The fourth-order valence-electron chi connectivity index (χ4n) is 2.18. The zero-order valence-electron chi connectivity index (χ0n) is 14.4. The van der Waals surface area contributed by atoms with Gasteiger partial charge in [-0.25, -0.2) is 19.4 Å². The van der Waals surface area contributed by atoms with Gasteiger partial charge in [0.25, 0.3) is 5.91 Å². The summed E-state index contributed by atoms with van der Waals surface area (Å²) < 4.78 is 1.44. The maximum absolute atomic E-state index is 12.1. The lowest BCUT2D eigenvalue weighted by Gasteiger charge is -2.16. The Hall–Kier alpha value is -3.30. The Bertz CT molecular complexity index is 758. The molecular formula is C16H20N6O4. The largest absolute Gasteiger partial charge is 0.480 e. The molecule has 10 heteroatoms. The van der Waals surface area contributed by atoms with Crippen LogP contribution in [0.2, 0.25) is 0 Å². The molecule has 0 bridgehead atoms. The standard InChI is InChI=1S/C16H20N6O4/c1-10(2)5-12(16(25)26)21-14(23)7-19-15(24)11-3-4-13(18-6-11)22-9-17-8-20-22/h3-4,6,8-10,12H,5,7H2,1-2H3,(H,19,24)(H,21,23)(H,25,26)/t12-/m0/s1. The SMILES string of the molecule is CC(C)C[C@H](NC(=O)CNC(=O)c1ccc(-n2cncn2)nc1)C(=O)O. The molecule has 0 radical (unpaired) electrons. The van der Waals surface area contributed by atoms with Crippen LogP contribution in [0.1, 0.15) is 30.6 Å². The number of amides is 2. The summed E-state index contributed by atoms with van der Waals surface area (Å²) in [7, 11) is 0. The van der Waals surface area contributed by atoms with Gasteiger partial charge in [0.15, 0.2) is 5.82 Å². The van der Waals surface area contributed by atoms with Gasteiger partial charge < -0.3 is 15.7 Å². The van der Waals surface area contributed by atoms with E-state index in [1.54, 1.807) is 6.07 Å². The highest BCUT2D eigenvalue weighted by molar-refractivity contribution is 5.96. The fraction of sp³-hybridized carbons (Fsp3) is 0.375. The molecule has 3 N–H and O–H groups in total. The number of carbonyl (C=O) groups is 3. The molecule has 26 heavy (non-hydrogen) atoms. The molecule has 0 saturated heterocycles. The van der Waals surface area contributed by atoms with E-state index in [1.807, 2.05) is 13.8 Å². The number of carboxylic acid groups (broad SMARTS) is 1. The number of nitrogens with one attached hydrogen (secondary N) is 2. The Kier molecular flexibility index (Phi) is 6.36. The average molecular weight is 360 g/mol. The average Bonchev–Trinajstić information content (AvgIpc) is 3.13. The molecule has 2 heterocycles. The summed E-state index contributed by atoms with van der Waals surface area (Å²) >= 11 is 0. The third-order valence-electron chi connectivity index (χ3n) is 3.41. The van der Waals surface area contributed by atoms with Gasteiger partial charge >= 0.3 is 5.97 Å². The molecule has 10 nitrogen and oxygen atoms in total. The zero-order valence-corrected chi connectivity index (χ0v) is 14.4. The van der Waals surface area contributed by atoms with Crippen LogP contribution in [-0.2, 0) is 9.59 Å². The van der Waals surface area contributed by atoms with Crippen LogP contribution in [0.15, 0.2) is 31.0 Å². The number of nitrogens with zero attached hydrogens (tertiary/aromatic N) is 4. The van der Waals surface area contributed by atoms with E-state index in [2.05, 4.69) is 25.7 Å². The minimum Gasteiger partial charge on any atom is -0.480 e. The number of aliphatic carboxylic acids is 1. The van der Waals surface area contributed by atoms with Gasteiger partial charge in [-0.1, -0.05) is 13.8 Å². The molecule has 2 aromatic rings. The number of rotatable bonds is 8. The number of hydrogen-bond donors (Lipinski definition) is 3. The molecule has 2 rings (SSSR count). The third-order valence-corrected chi connectivity index (χ3v) is 3.41. The first kappa shape index (κ1) is 19.0. The van der Waals surface area contributed by atoms with Crippen LogP contribution in [-0.4, -0.2) is 55.2 Å². The Labute approximate surface area is 149 Å². The Morgan fingerprint density at radius 1 is 1.27 bits per heavy atom. The van der Waals surface area contributed by atoms with Crippen LogP contribution in [0.5, 0.6) is 0 Å². The topological polar surface area (TPSA) is 139 Å². The van der Waals surface area contributed by atoms with E-state index >= 15 is 0 Å². The van der Waals surface area contributed by atoms with E-state index in [-0.39, 0.29) is 18.0 Å². The molecule has 0 aliphatic rings. The lowest BCUT2D eigenvalue weighted by atomic mass is 10.0. The second-order valence-electron chi connectivity index (χ2n) is 6.02. The van der Waals surface area contributed by atoms with Gasteiger partial charge in [-0.3, -0.25) is 9.59 Å². The van der Waals surface area contributed by atoms with Crippen molar-refractivity contribution in [3.63, 3.8) is 0 Å². The van der Waals surface area contributed by atoms with Crippen molar-refractivity contribution >= 4 is 17.8 Å². The van der Waals surface area contributed by atoms with E-state index in [4.69, 9.17) is 5.11 Å². The predicted molar refractivity (Wildman–Crippen MR) is 90.5 cm³/mol. The molecule has 0 unspecified atom stereocenters. The molecule has 0 aliphatic heterocycles. The van der Waals surface area contributed by atoms with Gasteiger partial charge in [0.1, 0.15) is 18.7 Å². The van der Waals surface area contributed by atoms with Gasteiger partial charge in [0.05, 0.1) is 12.1 Å². The molecule has 0 spiro atoms. The molecule has 2 amide bonds. The van der Waals surface area contributed by atoms with Crippen molar-refractivity contribution in [2.75, 3.05) is 6.54 Å². The molecule has 0 aromatic carbocycles. The number of carbonyl (C=O) groups excluding carboxylic acids is 2. The number of carboxylic acids is 1. The normalized spacial score (nSPS) is 11.8. The van der Waals surface area contributed by atoms with Crippen molar-refractivity contribution in [3.8, 4) is 5.82 Å². The van der Waals surface area contributed by atoms with Gasteiger partial charge in [0.2, 0.25) is 5.91 Å². The monoisotopic (exact) mass is 360 g/mol. The first-order chi connectivity index (χ1) is 12.4. The second kappa shape index (κ2) is 8.70. The number of pyridine rings is 1. The lowest BCUT2D eigenvalue weighted by molar-refractivity contribution is -0.142. The van der Waals surface area contributed by atoms with E-state index in [9.17, 15) is 14.4 Å². The highest BCUT2D eigenvalue weighted by Gasteiger charge is 2.21. The Morgan fingerprint density at radius 3 is 2.58 bits per heavy atom. The summed E-state index contributed by atoms with van der Waals surface area (Å²) in [6.45, 7) is 3.39. The summed E-state index contributed by atoms with van der Waals surface area (Å²) in [5.74, 6) is -1.56.